The number of nitrogens with zero attached hydrogens (tertiary/aromatic N) is 2. The van der Waals surface area contributed by atoms with E-state index in [4.69, 9.17) is 21.3 Å². The maximum Gasteiger partial charge on any atom is 0.159 e. The van der Waals surface area contributed by atoms with E-state index >= 15 is 0 Å². The third-order valence-electron chi connectivity index (χ3n) is 3.62. The number of halogens is 1. The fourth-order valence-corrected chi connectivity index (χ4v) is 2.96. The Hall–Kier alpha value is -0.670. The first-order valence-electron chi connectivity index (χ1n) is 6.51. The van der Waals surface area contributed by atoms with E-state index in [-0.39, 0.29) is 6.10 Å². The predicted molar refractivity (Wildman–Crippen MR) is 66.2 cm³/mol. The van der Waals surface area contributed by atoms with Gasteiger partial charge in [-0.2, -0.15) is 0 Å². The molecule has 1 aliphatic carbocycles. The molecule has 0 saturated carbocycles. The lowest BCUT2D eigenvalue weighted by atomic mass is 10.1. The smallest absolute Gasteiger partial charge is 0.159 e. The summed E-state index contributed by atoms with van der Waals surface area (Å²) in [5.74, 6) is 0.799. The molecule has 1 aromatic heterocycles. The normalized spacial score (nSPS) is 24.4. The van der Waals surface area contributed by atoms with Gasteiger partial charge in [-0.3, -0.25) is 0 Å². The summed E-state index contributed by atoms with van der Waals surface area (Å²) in [6.07, 6.45) is 7.94. The van der Waals surface area contributed by atoms with Crippen molar-refractivity contribution in [2.75, 3.05) is 6.61 Å². The summed E-state index contributed by atoms with van der Waals surface area (Å²) in [7, 11) is 0. The van der Waals surface area contributed by atoms with Crippen LogP contribution < -0.4 is 0 Å². The Morgan fingerprint density at radius 1 is 1.06 bits per heavy atom. The van der Waals surface area contributed by atoms with Crippen molar-refractivity contribution >= 4 is 11.6 Å². The average Bonchev–Trinajstić information content (AvgIpc) is 2.75. The lowest BCUT2D eigenvalue weighted by Crippen LogP contribution is -2.08. The van der Waals surface area contributed by atoms with E-state index < -0.39 is 0 Å². The summed E-state index contributed by atoms with van der Waals surface area (Å²) >= 11 is 6.29. The van der Waals surface area contributed by atoms with Gasteiger partial charge >= 0.3 is 0 Å². The molecule has 17 heavy (non-hydrogen) atoms. The number of hydrogen-bond donors (Lipinski definition) is 0. The molecule has 1 saturated heterocycles. The van der Waals surface area contributed by atoms with Crippen molar-refractivity contribution in [2.45, 2.75) is 51.0 Å². The third kappa shape index (κ3) is 2.31. The van der Waals surface area contributed by atoms with Crippen molar-refractivity contribution in [3.05, 3.63) is 22.2 Å². The summed E-state index contributed by atoms with van der Waals surface area (Å²) in [5.41, 5.74) is 2.33. The van der Waals surface area contributed by atoms with Crippen molar-refractivity contribution in [1.29, 1.82) is 0 Å². The molecule has 1 unspecified atom stereocenters. The molecule has 0 amide bonds. The molecule has 1 atom stereocenters. The van der Waals surface area contributed by atoms with Crippen LogP contribution in [-0.4, -0.2) is 16.6 Å². The summed E-state index contributed by atoms with van der Waals surface area (Å²) in [6, 6.07) is 0. The second kappa shape index (κ2) is 4.91. The highest BCUT2D eigenvalue weighted by Crippen LogP contribution is 2.30. The van der Waals surface area contributed by atoms with Gasteiger partial charge in [0.1, 0.15) is 11.3 Å². The van der Waals surface area contributed by atoms with Crippen LogP contribution in [-0.2, 0) is 17.6 Å². The van der Waals surface area contributed by atoms with Gasteiger partial charge in [-0.15, -0.1) is 0 Å². The topological polar surface area (TPSA) is 35.0 Å². The average molecular weight is 253 g/mol. The van der Waals surface area contributed by atoms with Crippen molar-refractivity contribution in [3.63, 3.8) is 0 Å². The van der Waals surface area contributed by atoms with E-state index in [0.29, 0.717) is 5.15 Å². The Balaban J connectivity index is 1.96. The van der Waals surface area contributed by atoms with Crippen LogP contribution in [0.15, 0.2) is 0 Å². The molecule has 2 heterocycles. The Labute approximate surface area is 107 Å². The minimum absolute atomic E-state index is 0.0704. The van der Waals surface area contributed by atoms with Crippen molar-refractivity contribution in [3.8, 4) is 0 Å². The van der Waals surface area contributed by atoms with Gasteiger partial charge in [0.2, 0.25) is 0 Å². The van der Waals surface area contributed by atoms with Crippen LogP contribution in [0.2, 0.25) is 5.15 Å². The molecule has 92 valence electrons. The Morgan fingerprint density at radius 2 is 1.94 bits per heavy atom. The number of hydrogen-bond acceptors (Lipinski definition) is 3. The van der Waals surface area contributed by atoms with E-state index in [9.17, 15) is 0 Å². The lowest BCUT2D eigenvalue weighted by molar-refractivity contribution is 0.105. The maximum atomic E-state index is 6.29. The van der Waals surface area contributed by atoms with Crippen LogP contribution in [0.5, 0.6) is 0 Å². The molecule has 0 aromatic carbocycles. The Bertz CT molecular complexity index is 416. The van der Waals surface area contributed by atoms with Gasteiger partial charge in [-0.25, -0.2) is 9.97 Å². The van der Waals surface area contributed by atoms with Crippen molar-refractivity contribution in [1.82, 2.24) is 9.97 Å². The summed E-state index contributed by atoms with van der Waals surface area (Å²) in [5, 5.41) is 0.655. The summed E-state index contributed by atoms with van der Waals surface area (Å²) in [4.78, 5) is 9.14. The van der Waals surface area contributed by atoms with Crippen LogP contribution in [0.4, 0.5) is 0 Å². The van der Waals surface area contributed by atoms with Gasteiger partial charge in [0.25, 0.3) is 0 Å². The van der Waals surface area contributed by atoms with Gasteiger partial charge in [0.05, 0.1) is 0 Å². The molecule has 1 fully saturated rings. The Morgan fingerprint density at radius 3 is 2.76 bits per heavy atom. The minimum atomic E-state index is 0.0704. The lowest BCUT2D eigenvalue weighted by Gasteiger charge is -2.13. The van der Waals surface area contributed by atoms with Gasteiger partial charge in [0.15, 0.2) is 5.82 Å². The molecule has 0 N–H and O–H groups in total. The fraction of sp³-hybridized carbons (Fsp3) is 0.692. The zero-order valence-corrected chi connectivity index (χ0v) is 10.7. The molecule has 2 aliphatic rings. The van der Waals surface area contributed by atoms with Crippen molar-refractivity contribution in [2.24, 2.45) is 0 Å². The van der Waals surface area contributed by atoms with E-state index in [1.54, 1.807) is 0 Å². The van der Waals surface area contributed by atoms with Crippen LogP contribution in [0.3, 0.4) is 0 Å². The number of fused-ring (bicyclic) bond motifs is 1. The Kier molecular flexibility index (Phi) is 3.30. The first kappa shape index (κ1) is 11.4. The zero-order valence-electron chi connectivity index (χ0n) is 9.91. The van der Waals surface area contributed by atoms with Gasteiger partial charge < -0.3 is 4.74 Å². The van der Waals surface area contributed by atoms with E-state index in [1.807, 2.05) is 0 Å². The molecule has 0 bridgehead atoms. The number of rotatable bonds is 1. The van der Waals surface area contributed by atoms with Crippen LogP contribution in [0.1, 0.15) is 55.3 Å². The molecule has 0 spiro atoms. The van der Waals surface area contributed by atoms with Crippen LogP contribution in [0, 0.1) is 0 Å². The zero-order chi connectivity index (χ0) is 11.7. The van der Waals surface area contributed by atoms with Gasteiger partial charge in [0, 0.05) is 17.9 Å². The number of aromatic nitrogens is 2. The van der Waals surface area contributed by atoms with Gasteiger partial charge in [-0.1, -0.05) is 18.0 Å². The quantitative estimate of drug-likeness (QED) is 0.569. The molecule has 1 aromatic rings. The number of aryl methyl sites for hydroxylation is 1. The highest BCUT2D eigenvalue weighted by Gasteiger charge is 2.23. The highest BCUT2D eigenvalue weighted by molar-refractivity contribution is 6.30. The van der Waals surface area contributed by atoms with Gasteiger partial charge in [-0.05, 0) is 38.5 Å². The predicted octanol–water partition coefficient (Wildman–Crippen LogP) is 3.25. The second-order valence-electron chi connectivity index (χ2n) is 4.86. The molecular formula is C13H17ClN2O. The SMILES string of the molecule is Clc1nc(C2CCCO2)nc2c1CCCCC2. The first-order chi connectivity index (χ1) is 8.34. The summed E-state index contributed by atoms with van der Waals surface area (Å²) in [6.45, 7) is 0.822. The van der Waals surface area contributed by atoms with Crippen molar-refractivity contribution < 1.29 is 4.74 Å². The molecular weight excluding hydrogens is 236 g/mol. The molecule has 4 heteroatoms. The largest absolute Gasteiger partial charge is 0.370 e. The van der Waals surface area contributed by atoms with Crippen LogP contribution >= 0.6 is 11.6 Å². The second-order valence-corrected chi connectivity index (χ2v) is 5.22. The van der Waals surface area contributed by atoms with Crippen LogP contribution in [0.25, 0.3) is 0 Å². The highest BCUT2D eigenvalue weighted by atomic mass is 35.5. The third-order valence-corrected chi connectivity index (χ3v) is 3.93. The minimum Gasteiger partial charge on any atom is -0.370 e. The fourth-order valence-electron chi connectivity index (χ4n) is 2.67. The van der Waals surface area contributed by atoms with E-state index in [2.05, 4.69) is 4.98 Å². The first-order valence-corrected chi connectivity index (χ1v) is 6.89. The van der Waals surface area contributed by atoms with E-state index in [1.165, 1.54) is 24.8 Å². The molecule has 1 aliphatic heterocycles. The maximum absolute atomic E-state index is 6.29. The standard InChI is InChI=1S/C13H17ClN2O/c14-12-9-5-2-1-3-6-10(9)15-13(16-12)11-7-4-8-17-11/h11H,1-8H2. The monoisotopic (exact) mass is 252 g/mol. The molecule has 3 rings (SSSR count). The molecule has 0 radical (unpaired) electrons. The van der Waals surface area contributed by atoms with E-state index in [0.717, 1.165) is 43.8 Å². The summed E-state index contributed by atoms with van der Waals surface area (Å²) < 4.78 is 5.63. The molecule has 3 nitrogen and oxygen atoms in total. The number of ether oxygens (including phenoxy) is 1.